The van der Waals surface area contributed by atoms with Crippen LogP contribution in [0.25, 0.3) is 10.5 Å². The fraction of sp³-hybridized carbons (Fsp3) is 0.100. The first-order chi connectivity index (χ1) is 7.84. The van der Waals surface area contributed by atoms with Crippen LogP contribution in [0.5, 0.6) is 0 Å². The molecule has 3 aromatic rings. The van der Waals surface area contributed by atoms with Crippen molar-refractivity contribution in [2.75, 3.05) is 0 Å². The molecule has 0 spiro atoms. The molecule has 4 nitrogen and oxygen atoms in total. The van der Waals surface area contributed by atoms with Crippen LogP contribution in [0.1, 0.15) is 15.9 Å². The Morgan fingerprint density at radius 1 is 1.25 bits per heavy atom. The van der Waals surface area contributed by atoms with Gasteiger partial charge in [0.25, 0.3) is 0 Å². The van der Waals surface area contributed by atoms with Gasteiger partial charge < -0.3 is 5.73 Å². The van der Waals surface area contributed by atoms with E-state index in [0.29, 0.717) is 5.65 Å². The van der Waals surface area contributed by atoms with Crippen LogP contribution >= 0.6 is 22.7 Å². The molecule has 0 saturated heterocycles. The Kier molecular flexibility index (Phi) is 2.39. The molecule has 0 radical (unpaired) electrons. The second kappa shape index (κ2) is 3.89. The molecule has 0 amide bonds. The minimum absolute atomic E-state index is 0.166. The van der Waals surface area contributed by atoms with Crippen molar-refractivity contribution in [3.05, 3.63) is 39.8 Å². The van der Waals surface area contributed by atoms with Gasteiger partial charge in [0.2, 0.25) is 0 Å². The van der Waals surface area contributed by atoms with Gasteiger partial charge >= 0.3 is 0 Å². The molecule has 3 aromatic heterocycles. The van der Waals surface area contributed by atoms with Crippen molar-refractivity contribution < 1.29 is 0 Å². The van der Waals surface area contributed by atoms with Crippen molar-refractivity contribution in [1.29, 1.82) is 0 Å². The fourth-order valence-corrected chi connectivity index (χ4v) is 3.11. The molecule has 0 aliphatic carbocycles. The monoisotopic (exact) mass is 248 g/mol. The Bertz CT molecular complexity index is 569. The number of nitrogens with two attached hydrogens (primary N) is 1. The van der Waals surface area contributed by atoms with Crippen LogP contribution in [-0.4, -0.2) is 15.0 Å². The van der Waals surface area contributed by atoms with E-state index in [-0.39, 0.29) is 6.04 Å². The van der Waals surface area contributed by atoms with Gasteiger partial charge in [-0.2, -0.15) is 0 Å². The first-order valence-corrected chi connectivity index (χ1v) is 6.40. The molecule has 0 aliphatic heterocycles. The molecule has 3 rings (SSSR count). The number of fused-ring (bicyclic) bond motifs is 1. The van der Waals surface area contributed by atoms with E-state index in [9.17, 15) is 0 Å². The van der Waals surface area contributed by atoms with Crippen molar-refractivity contribution in [1.82, 2.24) is 15.0 Å². The molecular formula is C10H8N4S2. The zero-order valence-electron chi connectivity index (χ0n) is 8.20. The molecule has 3 heterocycles. The van der Waals surface area contributed by atoms with E-state index in [1.807, 2.05) is 17.5 Å². The van der Waals surface area contributed by atoms with Crippen LogP contribution in [0.3, 0.4) is 0 Å². The third-order valence-electron chi connectivity index (χ3n) is 2.18. The summed E-state index contributed by atoms with van der Waals surface area (Å²) >= 11 is 3.14. The minimum atomic E-state index is -0.166. The predicted octanol–water partition coefficient (Wildman–Crippen LogP) is 2.20. The van der Waals surface area contributed by atoms with E-state index in [1.54, 1.807) is 23.7 Å². The van der Waals surface area contributed by atoms with Crippen LogP contribution in [-0.2, 0) is 0 Å². The van der Waals surface area contributed by atoms with Crippen molar-refractivity contribution in [3.8, 4) is 0 Å². The second-order valence-corrected chi connectivity index (χ2v) is 5.22. The van der Waals surface area contributed by atoms with Gasteiger partial charge in [-0.15, -0.1) is 11.3 Å². The van der Waals surface area contributed by atoms with Gasteiger partial charge in [-0.3, -0.25) is 0 Å². The van der Waals surface area contributed by atoms with E-state index < -0.39 is 0 Å². The lowest BCUT2D eigenvalue weighted by molar-refractivity contribution is 0.880. The van der Waals surface area contributed by atoms with Crippen molar-refractivity contribution >= 4 is 33.2 Å². The summed E-state index contributed by atoms with van der Waals surface area (Å²) in [7, 11) is 0. The molecule has 0 aliphatic rings. The average molecular weight is 248 g/mol. The molecule has 1 atom stereocenters. The van der Waals surface area contributed by atoms with E-state index in [0.717, 1.165) is 14.7 Å². The summed E-state index contributed by atoms with van der Waals surface area (Å²) in [6.45, 7) is 0. The molecule has 1 unspecified atom stereocenters. The highest BCUT2D eigenvalue weighted by Gasteiger charge is 2.15. The Balaban J connectivity index is 2.06. The Labute approximate surface area is 99.8 Å². The summed E-state index contributed by atoms with van der Waals surface area (Å²) in [6.07, 6.45) is 3.31. The fourth-order valence-electron chi connectivity index (χ4n) is 1.42. The van der Waals surface area contributed by atoms with E-state index in [2.05, 4.69) is 15.0 Å². The second-order valence-electron chi connectivity index (χ2n) is 3.23. The largest absolute Gasteiger partial charge is 0.318 e. The molecule has 0 fully saturated rings. The standard InChI is InChI=1S/C10H8N4S2/c11-7(6-2-1-5-15-6)9-14-8-10(16-9)13-4-3-12-8/h1-5,7H,11H2. The van der Waals surface area contributed by atoms with Gasteiger partial charge in [0.15, 0.2) is 10.5 Å². The Morgan fingerprint density at radius 3 is 2.88 bits per heavy atom. The number of hydrogen-bond donors (Lipinski definition) is 1. The van der Waals surface area contributed by atoms with Crippen LogP contribution < -0.4 is 5.73 Å². The summed E-state index contributed by atoms with van der Waals surface area (Å²) in [5.74, 6) is 0. The van der Waals surface area contributed by atoms with Crippen LogP contribution in [0.15, 0.2) is 29.9 Å². The van der Waals surface area contributed by atoms with E-state index in [1.165, 1.54) is 11.3 Å². The third kappa shape index (κ3) is 1.60. The zero-order chi connectivity index (χ0) is 11.0. The van der Waals surface area contributed by atoms with Crippen LogP contribution in [0, 0.1) is 0 Å². The Morgan fingerprint density at radius 2 is 2.12 bits per heavy atom. The smallest absolute Gasteiger partial charge is 0.189 e. The molecule has 6 heteroatoms. The summed E-state index contributed by atoms with van der Waals surface area (Å²) < 4.78 is 0. The average Bonchev–Trinajstić information content (AvgIpc) is 2.97. The van der Waals surface area contributed by atoms with Crippen molar-refractivity contribution in [2.45, 2.75) is 6.04 Å². The number of aromatic nitrogens is 3. The number of hydrogen-bond acceptors (Lipinski definition) is 6. The minimum Gasteiger partial charge on any atom is -0.318 e. The van der Waals surface area contributed by atoms with Gasteiger partial charge in [0.05, 0.1) is 6.04 Å². The first-order valence-electron chi connectivity index (χ1n) is 4.71. The number of nitrogens with zero attached hydrogens (tertiary/aromatic N) is 3. The maximum Gasteiger partial charge on any atom is 0.189 e. The van der Waals surface area contributed by atoms with E-state index >= 15 is 0 Å². The molecule has 0 aromatic carbocycles. The molecule has 80 valence electrons. The highest BCUT2D eigenvalue weighted by atomic mass is 32.1. The van der Waals surface area contributed by atoms with Crippen molar-refractivity contribution in [3.63, 3.8) is 0 Å². The highest BCUT2D eigenvalue weighted by Crippen LogP contribution is 2.28. The highest BCUT2D eigenvalue weighted by molar-refractivity contribution is 7.18. The van der Waals surface area contributed by atoms with Gasteiger partial charge in [0, 0.05) is 17.3 Å². The lowest BCUT2D eigenvalue weighted by atomic mass is 10.3. The van der Waals surface area contributed by atoms with Crippen molar-refractivity contribution in [2.24, 2.45) is 5.73 Å². The van der Waals surface area contributed by atoms with Gasteiger partial charge in [-0.25, -0.2) is 15.0 Å². The zero-order valence-corrected chi connectivity index (χ0v) is 9.83. The maximum absolute atomic E-state index is 6.13. The quantitative estimate of drug-likeness (QED) is 0.755. The summed E-state index contributed by atoms with van der Waals surface area (Å²) in [5.41, 5.74) is 6.80. The van der Waals surface area contributed by atoms with Gasteiger partial charge in [-0.05, 0) is 11.4 Å². The lowest BCUT2D eigenvalue weighted by Crippen LogP contribution is -2.09. The Hall–Kier alpha value is -1.37. The molecule has 0 saturated carbocycles. The molecule has 2 N–H and O–H groups in total. The molecule has 0 bridgehead atoms. The normalized spacial score (nSPS) is 13.1. The number of rotatable bonds is 2. The lowest BCUT2D eigenvalue weighted by Gasteiger charge is -2.03. The van der Waals surface area contributed by atoms with Gasteiger partial charge in [-0.1, -0.05) is 17.4 Å². The van der Waals surface area contributed by atoms with Gasteiger partial charge in [0.1, 0.15) is 5.01 Å². The summed E-state index contributed by atoms with van der Waals surface area (Å²) in [4.78, 5) is 14.7. The molecule has 16 heavy (non-hydrogen) atoms. The first kappa shape index (κ1) is 9.83. The SMILES string of the molecule is NC(c1cccs1)c1nc2nccnc2s1. The topological polar surface area (TPSA) is 64.7 Å². The van der Waals surface area contributed by atoms with Crippen LogP contribution in [0.4, 0.5) is 0 Å². The predicted molar refractivity (Wildman–Crippen MR) is 65.6 cm³/mol. The number of thiophene rings is 1. The third-order valence-corrected chi connectivity index (χ3v) is 4.17. The maximum atomic E-state index is 6.13. The van der Waals surface area contributed by atoms with Crippen LogP contribution in [0.2, 0.25) is 0 Å². The van der Waals surface area contributed by atoms with E-state index in [4.69, 9.17) is 5.73 Å². The molecular weight excluding hydrogens is 240 g/mol. The summed E-state index contributed by atoms with van der Waals surface area (Å²) in [5, 5.41) is 2.88. The number of thiazole rings is 1. The summed E-state index contributed by atoms with van der Waals surface area (Å²) in [6, 6.07) is 3.84.